The molecule has 0 amide bonds. The van der Waals surface area contributed by atoms with Crippen molar-refractivity contribution in [3.8, 4) is 28.8 Å². The van der Waals surface area contributed by atoms with E-state index in [-0.39, 0.29) is 0 Å². The van der Waals surface area contributed by atoms with Gasteiger partial charge >= 0.3 is 0 Å². The third-order valence-electron chi connectivity index (χ3n) is 3.42. The highest BCUT2D eigenvalue weighted by Gasteiger charge is 2.17. The van der Waals surface area contributed by atoms with Crippen LogP contribution in [0.1, 0.15) is 26.0 Å². The van der Waals surface area contributed by atoms with Crippen LogP contribution < -0.4 is 9.47 Å². The Kier molecular flexibility index (Phi) is 4.99. The van der Waals surface area contributed by atoms with E-state index >= 15 is 0 Å². The van der Waals surface area contributed by atoms with Crippen LogP contribution in [0.3, 0.4) is 0 Å². The van der Waals surface area contributed by atoms with Gasteiger partial charge in [-0.3, -0.25) is 0 Å². The number of hydrogen-bond donors (Lipinski definition) is 0. The molecule has 0 saturated heterocycles. The van der Waals surface area contributed by atoms with E-state index in [1.807, 2.05) is 18.2 Å². The molecule has 0 aliphatic rings. The van der Waals surface area contributed by atoms with Crippen LogP contribution in [0.4, 0.5) is 0 Å². The van der Waals surface area contributed by atoms with Crippen molar-refractivity contribution in [1.82, 2.24) is 15.0 Å². The second kappa shape index (κ2) is 6.94. The first-order chi connectivity index (χ1) is 10.6. The first-order valence-corrected chi connectivity index (χ1v) is 7.16. The number of aryl methyl sites for hydroxylation is 1. The number of aromatic nitrogens is 3. The van der Waals surface area contributed by atoms with Crippen LogP contribution in [0.2, 0.25) is 0 Å². The zero-order valence-corrected chi connectivity index (χ0v) is 13.3. The fourth-order valence-corrected chi connectivity index (χ4v) is 2.19. The summed E-state index contributed by atoms with van der Waals surface area (Å²) in [5, 5.41) is 17.3. The minimum Gasteiger partial charge on any atom is -0.493 e. The lowest BCUT2D eigenvalue weighted by atomic mass is 10.1. The molecule has 1 aromatic carbocycles. The number of nitrogens with zero attached hydrogens (tertiary/aromatic N) is 4. The monoisotopic (exact) mass is 300 g/mol. The molecule has 22 heavy (non-hydrogen) atoms. The van der Waals surface area contributed by atoms with Crippen LogP contribution in [0, 0.1) is 17.2 Å². The summed E-state index contributed by atoms with van der Waals surface area (Å²) in [7, 11) is 3.17. The molecule has 0 radical (unpaired) electrons. The summed E-state index contributed by atoms with van der Waals surface area (Å²) >= 11 is 0. The third-order valence-corrected chi connectivity index (χ3v) is 3.42. The molecule has 2 rings (SSSR count). The first kappa shape index (κ1) is 15.8. The summed E-state index contributed by atoms with van der Waals surface area (Å²) in [6.45, 7) is 5.02. The Bertz CT molecular complexity index is 686. The van der Waals surface area contributed by atoms with E-state index in [4.69, 9.17) is 9.47 Å². The van der Waals surface area contributed by atoms with Crippen molar-refractivity contribution in [3.05, 3.63) is 23.9 Å². The predicted octanol–water partition coefficient (Wildman–Crippen LogP) is 2.88. The second-order valence-electron chi connectivity index (χ2n) is 5.37. The molecule has 0 aliphatic heterocycles. The standard InChI is InChI=1S/C16H20N4O2/c1-11(2)7-8-20-16(13(10-17)18-19-20)12-5-6-14(21-3)15(9-12)22-4/h5-6,9,11H,7-8H2,1-4H3. The number of methoxy groups -OCH3 is 2. The van der Waals surface area contributed by atoms with Crippen LogP contribution in [-0.2, 0) is 6.54 Å². The second-order valence-corrected chi connectivity index (χ2v) is 5.37. The van der Waals surface area contributed by atoms with E-state index in [0.717, 1.165) is 18.5 Å². The Morgan fingerprint density at radius 3 is 2.55 bits per heavy atom. The minimum absolute atomic E-state index is 0.316. The van der Waals surface area contributed by atoms with Crippen molar-refractivity contribution in [2.75, 3.05) is 14.2 Å². The molecular formula is C16H20N4O2. The van der Waals surface area contributed by atoms with Crippen molar-refractivity contribution < 1.29 is 9.47 Å². The first-order valence-electron chi connectivity index (χ1n) is 7.16. The summed E-state index contributed by atoms with van der Waals surface area (Å²) in [6.07, 6.45) is 0.967. The van der Waals surface area contributed by atoms with Gasteiger partial charge in [0.2, 0.25) is 0 Å². The molecule has 0 atom stereocenters. The van der Waals surface area contributed by atoms with Gasteiger partial charge in [0.1, 0.15) is 11.8 Å². The Morgan fingerprint density at radius 1 is 1.23 bits per heavy atom. The van der Waals surface area contributed by atoms with Crippen molar-refractivity contribution in [1.29, 1.82) is 5.26 Å². The molecule has 116 valence electrons. The van der Waals surface area contributed by atoms with Crippen LogP contribution in [0.25, 0.3) is 11.3 Å². The lowest BCUT2D eigenvalue weighted by Crippen LogP contribution is -2.05. The average molecular weight is 300 g/mol. The Labute approximate surface area is 130 Å². The van der Waals surface area contributed by atoms with E-state index in [2.05, 4.69) is 30.2 Å². The number of hydrogen-bond acceptors (Lipinski definition) is 5. The molecule has 0 saturated carbocycles. The summed E-state index contributed by atoms with van der Waals surface area (Å²) in [4.78, 5) is 0. The molecule has 0 spiro atoms. The number of ether oxygens (including phenoxy) is 2. The van der Waals surface area contributed by atoms with Gasteiger partial charge in [-0.05, 0) is 30.5 Å². The van der Waals surface area contributed by atoms with Gasteiger partial charge < -0.3 is 9.47 Å². The minimum atomic E-state index is 0.316. The molecule has 6 nitrogen and oxygen atoms in total. The number of rotatable bonds is 6. The molecule has 0 fully saturated rings. The van der Waals surface area contributed by atoms with Gasteiger partial charge in [-0.15, -0.1) is 5.10 Å². The van der Waals surface area contributed by atoms with E-state index in [9.17, 15) is 5.26 Å². The van der Waals surface area contributed by atoms with E-state index in [1.54, 1.807) is 18.9 Å². The molecule has 0 unspecified atom stereocenters. The summed E-state index contributed by atoms with van der Waals surface area (Å²) in [6, 6.07) is 7.64. The fraction of sp³-hybridized carbons (Fsp3) is 0.438. The molecule has 0 aliphatic carbocycles. The SMILES string of the molecule is COc1ccc(-c2c(C#N)nnn2CCC(C)C)cc1OC. The maximum absolute atomic E-state index is 9.28. The maximum Gasteiger partial charge on any atom is 0.190 e. The largest absolute Gasteiger partial charge is 0.493 e. The van der Waals surface area contributed by atoms with Crippen molar-refractivity contribution in [2.45, 2.75) is 26.8 Å². The van der Waals surface area contributed by atoms with Crippen LogP contribution >= 0.6 is 0 Å². The lowest BCUT2D eigenvalue weighted by molar-refractivity contribution is 0.355. The van der Waals surface area contributed by atoms with Gasteiger partial charge in [0.15, 0.2) is 17.2 Å². The highest BCUT2D eigenvalue weighted by atomic mass is 16.5. The maximum atomic E-state index is 9.28. The molecule has 6 heteroatoms. The molecule has 1 heterocycles. The van der Waals surface area contributed by atoms with Crippen molar-refractivity contribution >= 4 is 0 Å². The van der Waals surface area contributed by atoms with Crippen LogP contribution in [0.15, 0.2) is 18.2 Å². The normalized spacial score (nSPS) is 10.5. The topological polar surface area (TPSA) is 73.0 Å². The van der Waals surface area contributed by atoms with Gasteiger partial charge in [0.05, 0.1) is 14.2 Å². The van der Waals surface area contributed by atoms with Gasteiger partial charge in [-0.1, -0.05) is 19.1 Å². The zero-order valence-electron chi connectivity index (χ0n) is 13.3. The summed E-state index contributed by atoms with van der Waals surface area (Å²) < 4.78 is 12.4. The number of nitriles is 1. The highest BCUT2D eigenvalue weighted by molar-refractivity contribution is 5.68. The number of benzene rings is 1. The molecule has 0 N–H and O–H groups in total. The Hall–Kier alpha value is -2.55. The van der Waals surface area contributed by atoms with Crippen molar-refractivity contribution in [3.63, 3.8) is 0 Å². The summed E-state index contributed by atoms with van der Waals surface area (Å²) in [5.74, 6) is 1.81. The van der Waals surface area contributed by atoms with Gasteiger partial charge in [-0.25, -0.2) is 4.68 Å². The van der Waals surface area contributed by atoms with Crippen LogP contribution in [0.5, 0.6) is 11.5 Å². The molecule has 1 aromatic heterocycles. The molecule has 2 aromatic rings. The van der Waals surface area contributed by atoms with Gasteiger partial charge in [-0.2, -0.15) is 5.26 Å². The fourth-order valence-electron chi connectivity index (χ4n) is 2.19. The smallest absolute Gasteiger partial charge is 0.190 e. The van der Waals surface area contributed by atoms with E-state index in [0.29, 0.717) is 28.8 Å². The molecule has 0 bridgehead atoms. The summed E-state index contributed by atoms with van der Waals surface area (Å²) in [5.41, 5.74) is 1.86. The lowest BCUT2D eigenvalue weighted by Gasteiger charge is -2.11. The quantitative estimate of drug-likeness (QED) is 0.820. The van der Waals surface area contributed by atoms with Crippen molar-refractivity contribution in [2.24, 2.45) is 5.92 Å². The van der Waals surface area contributed by atoms with Crippen LogP contribution in [-0.4, -0.2) is 29.2 Å². The molecular weight excluding hydrogens is 280 g/mol. The Balaban J connectivity index is 2.46. The van der Waals surface area contributed by atoms with Gasteiger partial charge in [0, 0.05) is 12.1 Å². The van der Waals surface area contributed by atoms with E-state index < -0.39 is 0 Å². The van der Waals surface area contributed by atoms with Gasteiger partial charge in [0.25, 0.3) is 0 Å². The predicted molar refractivity (Wildman–Crippen MR) is 82.7 cm³/mol. The Morgan fingerprint density at radius 2 is 1.95 bits per heavy atom. The highest BCUT2D eigenvalue weighted by Crippen LogP contribution is 2.33. The zero-order chi connectivity index (χ0) is 16.1. The average Bonchev–Trinajstić information content (AvgIpc) is 2.95. The van der Waals surface area contributed by atoms with E-state index in [1.165, 1.54) is 0 Å². The third kappa shape index (κ3) is 3.19.